The minimum atomic E-state index is -0.265. The van der Waals surface area contributed by atoms with Gasteiger partial charge in [-0.1, -0.05) is 12.1 Å². The van der Waals surface area contributed by atoms with Crippen LogP contribution in [0.1, 0.15) is 48.5 Å². The molecule has 0 spiro atoms. The Hall–Kier alpha value is -3.62. The molecule has 0 bridgehead atoms. The van der Waals surface area contributed by atoms with Gasteiger partial charge in [-0.3, -0.25) is 9.88 Å². The lowest BCUT2D eigenvalue weighted by molar-refractivity contribution is 0.137. The van der Waals surface area contributed by atoms with Gasteiger partial charge in [-0.25, -0.2) is 14.4 Å². The Kier molecular flexibility index (Phi) is 5.11. The van der Waals surface area contributed by atoms with E-state index >= 15 is 0 Å². The molecule has 1 saturated heterocycles. The molecule has 3 aliphatic rings. The fraction of sp³-hybridized carbons (Fsp3) is 0.321. The summed E-state index contributed by atoms with van der Waals surface area (Å²) in [7, 11) is 0. The van der Waals surface area contributed by atoms with Crippen LogP contribution in [-0.4, -0.2) is 51.4 Å². The normalized spacial score (nSPS) is 22.2. The number of aliphatic imine (C=N–C) groups is 1. The fourth-order valence-corrected chi connectivity index (χ4v) is 5.60. The number of benzene rings is 1. The summed E-state index contributed by atoms with van der Waals surface area (Å²) in [5.41, 5.74) is 6.38. The van der Waals surface area contributed by atoms with Gasteiger partial charge in [0.15, 0.2) is 0 Å². The van der Waals surface area contributed by atoms with Gasteiger partial charge >= 0.3 is 0 Å². The van der Waals surface area contributed by atoms with Crippen LogP contribution >= 0.6 is 0 Å². The quantitative estimate of drug-likeness (QED) is 0.397. The number of nitrogens with one attached hydrogen (secondary N) is 3. The van der Waals surface area contributed by atoms with Crippen LogP contribution < -0.4 is 10.6 Å². The predicted molar refractivity (Wildman–Crippen MR) is 139 cm³/mol. The Morgan fingerprint density at radius 2 is 1.97 bits per heavy atom. The Morgan fingerprint density at radius 3 is 2.81 bits per heavy atom. The van der Waals surface area contributed by atoms with Crippen LogP contribution in [-0.2, 0) is 0 Å². The Labute approximate surface area is 208 Å². The highest BCUT2D eigenvalue weighted by Gasteiger charge is 2.37. The van der Waals surface area contributed by atoms with Crippen molar-refractivity contribution in [2.45, 2.75) is 37.9 Å². The van der Waals surface area contributed by atoms with Crippen molar-refractivity contribution in [1.82, 2.24) is 30.5 Å². The summed E-state index contributed by atoms with van der Waals surface area (Å²) in [6.45, 7) is 5.09. The molecule has 3 N–H and O–H groups in total. The number of hydrogen-bond donors (Lipinski definition) is 3. The number of nitrogens with zero attached hydrogens (tertiary/aromatic N) is 4. The Balaban J connectivity index is 1.36. The molecule has 7 rings (SSSR count). The standard InChI is InChI=1S/C28H28FN7/c1-16-15-36(11-10-31-16)28-25-21(17-6-7-17)13-30-14-24(25)34-27(35-28)18-8-9-32-26-20(18)12-23(33-26)19-4-2-3-5-22(19)29/h2-5,8-9,12-14,16-17,28,31H,6-7,10-11,15H2,1H3,(H,32,33)(H,34,35). The topological polar surface area (TPSA) is 81.2 Å². The van der Waals surface area contributed by atoms with Crippen molar-refractivity contribution in [3.05, 3.63) is 77.5 Å². The van der Waals surface area contributed by atoms with Gasteiger partial charge in [0, 0.05) is 60.1 Å². The summed E-state index contributed by atoms with van der Waals surface area (Å²) >= 11 is 0. The number of piperazine rings is 1. The zero-order valence-electron chi connectivity index (χ0n) is 20.1. The number of aromatic amines is 1. The van der Waals surface area contributed by atoms with Gasteiger partial charge < -0.3 is 15.6 Å². The average Bonchev–Trinajstić information content (AvgIpc) is 3.65. The smallest absolute Gasteiger partial charge is 0.138 e. The summed E-state index contributed by atoms with van der Waals surface area (Å²) < 4.78 is 14.5. The van der Waals surface area contributed by atoms with Crippen LogP contribution in [0.2, 0.25) is 0 Å². The van der Waals surface area contributed by atoms with Crippen molar-refractivity contribution in [2.24, 2.45) is 4.99 Å². The maximum atomic E-state index is 14.5. The minimum Gasteiger partial charge on any atom is -0.350 e. The van der Waals surface area contributed by atoms with E-state index in [1.807, 2.05) is 30.6 Å². The van der Waals surface area contributed by atoms with Gasteiger partial charge in [0.2, 0.25) is 0 Å². The maximum Gasteiger partial charge on any atom is 0.138 e. The molecule has 4 aromatic rings. The van der Waals surface area contributed by atoms with Crippen LogP contribution in [0, 0.1) is 5.82 Å². The highest BCUT2D eigenvalue weighted by atomic mass is 19.1. The van der Waals surface area contributed by atoms with Crippen LogP contribution in [0.15, 0.2) is 60.0 Å². The van der Waals surface area contributed by atoms with E-state index in [1.54, 1.807) is 18.3 Å². The third-order valence-corrected chi connectivity index (χ3v) is 7.51. The van der Waals surface area contributed by atoms with Gasteiger partial charge in [-0.05, 0) is 55.5 Å². The molecule has 3 aromatic heterocycles. The minimum absolute atomic E-state index is 0.0174. The van der Waals surface area contributed by atoms with E-state index in [2.05, 4.69) is 37.4 Å². The highest BCUT2D eigenvalue weighted by molar-refractivity contribution is 6.11. The van der Waals surface area contributed by atoms with Crippen LogP contribution in [0.25, 0.3) is 22.3 Å². The molecule has 2 atom stereocenters. The van der Waals surface area contributed by atoms with Crippen LogP contribution in [0.4, 0.5) is 10.1 Å². The lowest BCUT2D eigenvalue weighted by Crippen LogP contribution is -2.54. The van der Waals surface area contributed by atoms with Crippen molar-refractivity contribution in [3.63, 3.8) is 0 Å². The van der Waals surface area contributed by atoms with E-state index in [-0.39, 0.29) is 12.0 Å². The lowest BCUT2D eigenvalue weighted by atomic mass is 9.97. The maximum absolute atomic E-state index is 14.5. The first kappa shape index (κ1) is 21.6. The molecular weight excluding hydrogens is 453 g/mol. The summed E-state index contributed by atoms with van der Waals surface area (Å²) in [5.74, 6) is 1.11. The van der Waals surface area contributed by atoms with E-state index in [1.165, 1.54) is 30.0 Å². The molecule has 0 radical (unpaired) electrons. The van der Waals surface area contributed by atoms with Gasteiger partial charge in [0.25, 0.3) is 0 Å². The van der Waals surface area contributed by atoms with Gasteiger partial charge in [0.05, 0.1) is 17.6 Å². The molecule has 182 valence electrons. The van der Waals surface area contributed by atoms with Crippen LogP contribution in [0.5, 0.6) is 0 Å². The summed E-state index contributed by atoms with van der Waals surface area (Å²) in [5, 5.41) is 8.26. The average molecular weight is 482 g/mol. The highest BCUT2D eigenvalue weighted by Crippen LogP contribution is 2.47. The molecule has 1 aliphatic carbocycles. The van der Waals surface area contributed by atoms with Crippen molar-refractivity contribution < 1.29 is 4.39 Å². The van der Waals surface area contributed by atoms with E-state index < -0.39 is 0 Å². The van der Waals surface area contributed by atoms with E-state index in [9.17, 15) is 4.39 Å². The first-order valence-corrected chi connectivity index (χ1v) is 12.7. The number of halogens is 1. The molecule has 8 heteroatoms. The monoisotopic (exact) mass is 481 g/mol. The van der Waals surface area contributed by atoms with Crippen molar-refractivity contribution >= 4 is 22.6 Å². The molecule has 1 saturated carbocycles. The molecular formula is C28H28FN7. The fourth-order valence-electron chi connectivity index (χ4n) is 5.60. The second kappa shape index (κ2) is 8.50. The van der Waals surface area contributed by atoms with Gasteiger partial charge in [-0.2, -0.15) is 0 Å². The second-order valence-corrected chi connectivity index (χ2v) is 10.1. The van der Waals surface area contributed by atoms with E-state index in [4.69, 9.17) is 4.99 Å². The summed E-state index contributed by atoms with van der Waals surface area (Å²) in [6, 6.07) is 11.2. The Bertz CT molecular complexity index is 1490. The van der Waals surface area contributed by atoms with Crippen molar-refractivity contribution in [1.29, 1.82) is 0 Å². The third kappa shape index (κ3) is 3.68. The first-order valence-electron chi connectivity index (χ1n) is 12.7. The van der Waals surface area contributed by atoms with Gasteiger partial charge in [0.1, 0.15) is 23.5 Å². The zero-order valence-corrected chi connectivity index (χ0v) is 20.1. The number of aromatic nitrogens is 3. The van der Waals surface area contributed by atoms with Crippen LogP contribution in [0.3, 0.4) is 0 Å². The summed E-state index contributed by atoms with van der Waals surface area (Å²) in [6.07, 6.45) is 8.15. The number of rotatable bonds is 4. The lowest BCUT2D eigenvalue weighted by Gasteiger charge is -2.41. The molecule has 7 nitrogen and oxygen atoms in total. The molecule has 1 aromatic carbocycles. The summed E-state index contributed by atoms with van der Waals surface area (Å²) in [4.78, 5) is 20.0. The number of hydrogen-bond acceptors (Lipinski definition) is 6. The molecule has 2 unspecified atom stereocenters. The largest absolute Gasteiger partial charge is 0.350 e. The number of pyridine rings is 2. The van der Waals surface area contributed by atoms with E-state index in [0.717, 1.165) is 42.1 Å². The molecule has 36 heavy (non-hydrogen) atoms. The number of fused-ring (bicyclic) bond motifs is 2. The molecule has 2 fully saturated rings. The Morgan fingerprint density at radius 1 is 1.08 bits per heavy atom. The number of amidine groups is 1. The second-order valence-electron chi connectivity index (χ2n) is 10.1. The SMILES string of the molecule is CC1CN(C2NC(c3ccnc4[nH]c(-c5ccccc5F)cc34)=Nc3cncc(C4CC4)c32)CCN1. The van der Waals surface area contributed by atoms with Crippen molar-refractivity contribution in [3.8, 4) is 11.3 Å². The number of H-pyrrole nitrogens is 1. The van der Waals surface area contributed by atoms with E-state index in [0.29, 0.717) is 28.9 Å². The predicted octanol–water partition coefficient (Wildman–Crippen LogP) is 4.62. The zero-order chi connectivity index (χ0) is 24.2. The molecule has 0 amide bonds. The van der Waals surface area contributed by atoms with Crippen molar-refractivity contribution in [2.75, 3.05) is 19.6 Å². The third-order valence-electron chi connectivity index (χ3n) is 7.51. The van der Waals surface area contributed by atoms with Gasteiger partial charge in [-0.15, -0.1) is 0 Å². The molecule has 5 heterocycles. The molecule has 2 aliphatic heterocycles. The first-order chi connectivity index (χ1) is 17.7.